The summed E-state index contributed by atoms with van der Waals surface area (Å²) in [4.78, 5) is 14.7. The Hall–Kier alpha value is -3.37. The molecule has 0 bridgehead atoms. The standard InChI is InChI=1S/C17H11ClN4O3/c18-13-7-3-1-5-11(13)10-20-17-14(9-19)21-16(25-17)12-6-2-4-8-15(12)22(23)24/h1-8,20H,10H2. The number of nitriles is 1. The van der Waals surface area contributed by atoms with Crippen LogP contribution in [0.1, 0.15) is 11.3 Å². The zero-order valence-corrected chi connectivity index (χ0v) is 13.5. The molecular formula is C17H11ClN4O3. The Morgan fingerprint density at radius 1 is 1.24 bits per heavy atom. The first kappa shape index (κ1) is 16.5. The Bertz CT molecular complexity index is 978. The molecule has 0 saturated heterocycles. The van der Waals surface area contributed by atoms with Gasteiger partial charge in [0.2, 0.25) is 17.5 Å². The number of benzene rings is 2. The molecule has 0 spiro atoms. The molecule has 2 aromatic carbocycles. The molecule has 0 aliphatic rings. The largest absolute Gasteiger partial charge is 0.419 e. The van der Waals surface area contributed by atoms with Crippen LogP contribution in [0.2, 0.25) is 5.02 Å². The number of hydrogen-bond donors (Lipinski definition) is 1. The number of nitrogens with zero attached hydrogens (tertiary/aromatic N) is 3. The van der Waals surface area contributed by atoms with E-state index in [1.807, 2.05) is 24.3 Å². The maximum Gasteiger partial charge on any atom is 0.282 e. The van der Waals surface area contributed by atoms with Crippen molar-refractivity contribution in [1.29, 1.82) is 5.26 Å². The SMILES string of the molecule is N#Cc1nc(-c2ccccc2[N+](=O)[O-])oc1NCc1ccccc1Cl. The van der Waals surface area contributed by atoms with E-state index in [0.717, 1.165) is 5.56 Å². The van der Waals surface area contributed by atoms with Crippen LogP contribution in [0.5, 0.6) is 0 Å². The highest BCUT2D eigenvalue weighted by molar-refractivity contribution is 6.31. The van der Waals surface area contributed by atoms with Gasteiger partial charge in [-0.25, -0.2) is 0 Å². The van der Waals surface area contributed by atoms with Crippen LogP contribution < -0.4 is 5.32 Å². The van der Waals surface area contributed by atoms with Crippen molar-refractivity contribution in [2.75, 3.05) is 5.32 Å². The smallest absolute Gasteiger partial charge is 0.282 e. The lowest BCUT2D eigenvalue weighted by atomic mass is 10.2. The van der Waals surface area contributed by atoms with Crippen molar-refractivity contribution < 1.29 is 9.34 Å². The maximum atomic E-state index is 11.1. The molecule has 8 heteroatoms. The number of nitrogens with one attached hydrogen (secondary N) is 1. The summed E-state index contributed by atoms with van der Waals surface area (Å²) < 4.78 is 5.55. The third-order valence-corrected chi connectivity index (χ3v) is 3.83. The number of halogens is 1. The van der Waals surface area contributed by atoms with Crippen molar-refractivity contribution in [3.63, 3.8) is 0 Å². The lowest BCUT2D eigenvalue weighted by Gasteiger charge is -2.05. The van der Waals surface area contributed by atoms with E-state index in [9.17, 15) is 15.4 Å². The van der Waals surface area contributed by atoms with Gasteiger partial charge in [0.15, 0.2) is 0 Å². The Morgan fingerprint density at radius 2 is 1.96 bits per heavy atom. The van der Waals surface area contributed by atoms with Gasteiger partial charge in [-0.05, 0) is 17.7 Å². The quantitative estimate of drug-likeness (QED) is 0.538. The number of hydrogen-bond acceptors (Lipinski definition) is 6. The van der Waals surface area contributed by atoms with Crippen LogP contribution in [0.3, 0.4) is 0 Å². The molecule has 1 heterocycles. The molecule has 1 N–H and O–H groups in total. The number of anilines is 1. The molecule has 3 aromatic rings. The zero-order valence-electron chi connectivity index (χ0n) is 12.8. The summed E-state index contributed by atoms with van der Waals surface area (Å²) in [6, 6.07) is 15.2. The van der Waals surface area contributed by atoms with Gasteiger partial charge in [0.1, 0.15) is 11.6 Å². The second-order valence-corrected chi connectivity index (χ2v) is 5.43. The number of para-hydroxylation sites is 1. The Morgan fingerprint density at radius 3 is 2.68 bits per heavy atom. The molecule has 25 heavy (non-hydrogen) atoms. The molecular weight excluding hydrogens is 344 g/mol. The number of aromatic nitrogens is 1. The fourth-order valence-corrected chi connectivity index (χ4v) is 2.46. The fourth-order valence-electron chi connectivity index (χ4n) is 2.26. The molecule has 0 unspecified atom stereocenters. The van der Waals surface area contributed by atoms with Gasteiger partial charge in [-0.1, -0.05) is 41.9 Å². The van der Waals surface area contributed by atoms with Gasteiger partial charge >= 0.3 is 0 Å². The highest BCUT2D eigenvalue weighted by Crippen LogP contribution is 2.32. The van der Waals surface area contributed by atoms with Crippen molar-refractivity contribution in [1.82, 2.24) is 4.98 Å². The monoisotopic (exact) mass is 354 g/mol. The summed E-state index contributed by atoms with van der Waals surface area (Å²) >= 11 is 6.09. The molecule has 0 aliphatic heterocycles. The van der Waals surface area contributed by atoms with Crippen LogP contribution >= 0.6 is 11.6 Å². The molecule has 0 aliphatic carbocycles. The van der Waals surface area contributed by atoms with Crippen LogP contribution in [0.25, 0.3) is 11.5 Å². The molecule has 0 fully saturated rings. The lowest BCUT2D eigenvalue weighted by molar-refractivity contribution is -0.384. The van der Waals surface area contributed by atoms with Crippen molar-refractivity contribution in [3.05, 3.63) is 74.9 Å². The van der Waals surface area contributed by atoms with Crippen molar-refractivity contribution in [2.45, 2.75) is 6.54 Å². The minimum Gasteiger partial charge on any atom is -0.419 e. The topological polar surface area (TPSA) is 105 Å². The third kappa shape index (κ3) is 3.44. The summed E-state index contributed by atoms with van der Waals surface area (Å²) in [7, 11) is 0. The van der Waals surface area contributed by atoms with Crippen LogP contribution in [0.15, 0.2) is 52.9 Å². The van der Waals surface area contributed by atoms with E-state index in [-0.39, 0.29) is 28.7 Å². The van der Waals surface area contributed by atoms with Gasteiger partial charge in [-0.2, -0.15) is 10.2 Å². The fraction of sp³-hybridized carbons (Fsp3) is 0.0588. The van der Waals surface area contributed by atoms with Gasteiger partial charge in [0.25, 0.3) is 5.69 Å². The lowest BCUT2D eigenvalue weighted by Crippen LogP contribution is -2.00. The van der Waals surface area contributed by atoms with Crippen molar-refractivity contribution in [2.24, 2.45) is 0 Å². The van der Waals surface area contributed by atoms with Gasteiger partial charge < -0.3 is 9.73 Å². The van der Waals surface area contributed by atoms with E-state index in [0.29, 0.717) is 11.6 Å². The summed E-state index contributed by atoms with van der Waals surface area (Å²) in [5, 5.41) is 23.9. The van der Waals surface area contributed by atoms with Crippen molar-refractivity contribution >= 4 is 23.2 Å². The van der Waals surface area contributed by atoms with Gasteiger partial charge in [0, 0.05) is 17.6 Å². The predicted octanol–water partition coefficient (Wildman–Crippen LogP) is 4.39. The molecule has 0 amide bonds. The van der Waals surface area contributed by atoms with E-state index >= 15 is 0 Å². The molecule has 3 rings (SSSR count). The van der Waals surface area contributed by atoms with Crippen LogP contribution in [0.4, 0.5) is 11.6 Å². The van der Waals surface area contributed by atoms with E-state index in [2.05, 4.69) is 10.3 Å². The Labute approximate surface area is 147 Å². The average molecular weight is 355 g/mol. The molecule has 0 radical (unpaired) electrons. The van der Waals surface area contributed by atoms with E-state index in [4.69, 9.17) is 16.0 Å². The molecule has 124 valence electrons. The normalized spacial score (nSPS) is 10.2. The van der Waals surface area contributed by atoms with Crippen molar-refractivity contribution in [3.8, 4) is 17.5 Å². The first-order chi connectivity index (χ1) is 12.1. The number of nitro benzene ring substituents is 1. The van der Waals surface area contributed by atoms with Gasteiger partial charge in [-0.3, -0.25) is 10.1 Å². The average Bonchev–Trinajstić information content (AvgIpc) is 3.04. The van der Waals surface area contributed by atoms with E-state index in [1.165, 1.54) is 12.1 Å². The minimum absolute atomic E-state index is 0.00510. The van der Waals surface area contributed by atoms with E-state index in [1.54, 1.807) is 18.2 Å². The van der Waals surface area contributed by atoms with Crippen LogP contribution in [-0.4, -0.2) is 9.91 Å². The summed E-state index contributed by atoms with van der Waals surface area (Å²) in [6.07, 6.45) is 0. The minimum atomic E-state index is -0.525. The zero-order chi connectivity index (χ0) is 17.8. The maximum absolute atomic E-state index is 11.1. The molecule has 7 nitrogen and oxygen atoms in total. The van der Waals surface area contributed by atoms with Crippen LogP contribution in [-0.2, 0) is 6.54 Å². The van der Waals surface area contributed by atoms with Crippen LogP contribution in [0, 0.1) is 21.4 Å². The van der Waals surface area contributed by atoms with Gasteiger partial charge in [-0.15, -0.1) is 0 Å². The van der Waals surface area contributed by atoms with E-state index < -0.39 is 4.92 Å². The molecule has 0 atom stereocenters. The Kier molecular flexibility index (Phi) is 4.64. The van der Waals surface area contributed by atoms with Gasteiger partial charge in [0.05, 0.1) is 4.92 Å². The number of rotatable bonds is 5. The summed E-state index contributed by atoms with van der Waals surface area (Å²) in [5.41, 5.74) is 0.887. The first-order valence-corrected chi connectivity index (χ1v) is 7.60. The second-order valence-electron chi connectivity index (χ2n) is 5.03. The highest BCUT2D eigenvalue weighted by Gasteiger charge is 2.21. The summed E-state index contributed by atoms with van der Waals surface area (Å²) in [6.45, 7) is 0.319. The molecule has 1 aromatic heterocycles. The Balaban J connectivity index is 1.92. The third-order valence-electron chi connectivity index (χ3n) is 3.46. The second kappa shape index (κ2) is 7.03. The summed E-state index contributed by atoms with van der Waals surface area (Å²) in [5.74, 6) is 0.140. The first-order valence-electron chi connectivity index (χ1n) is 7.22. The molecule has 0 saturated carbocycles. The predicted molar refractivity (Wildman–Crippen MR) is 92.1 cm³/mol. The number of nitro groups is 1. The highest BCUT2D eigenvalue weighted by atomic mass is 35.5. The number of oxazole rings is 1.